The second-order valence-electron chi connectivity index (χ2n) is 6.86. The van der Waals surface area contributed by atoms with Crippen LogP contribution in [0.1, 0.15) is 50.4 Å². The first-order valence-corrected chi connectivity index (χ1v) is 10.3. The molecule has 0 amide bonds. The lowest BCUT2D eigenvalue weighted by Crippen LogP contribution is -2.45. The summed E-state index contributed by atoms with van der Waals surface area (Å²) in [4.78, 5) is 8.41. The van der Waals surface area contributed by atoms with Gasteiger partial charge in [0, 0.05) is 31.1 Å². The highest BCUT2D eigenvalue weighted by molar-refractivity contribution is 7.10. The van der Waals surface area contributed by atoms with Gasteiger partial charge in [-0.25, -0.2) is 0 Å². The smallest absolute Gasteiger partial charge is 0.190 e. The van der Waals surface area contributed by atoms with Crippen molar-refractivity contribution in [1.29, 1.82) is 0 Å². The third-order valence-corrected chi connectivity index (χ3v) is 6.25. The molecule has 2 heterocycles. The molecule has 2 atom stereocenters. The van der Waals surface area contributed by atoms with E-state index in [0.29, 0.717) is 12.0 Å². The highest BCUT2D eigenvalue weighted by atomic mass is 32.1. The summed E-state index contributed by atoms with van der Waals surface area (Å²) in [5.74, 6) is 2.30. The number of likely N-dealkylation sites (tertiary alicyclic amines) is 1. The maximum atomic E-state index is 4.40. The van der Waals surface area contributed by atoms with Crippen molar-refractivity contribution in [3.63, 3.8) is 0 Å². The van der Waals surface area contributed by atoms with E-state index in [2.05, 4.69) is 58.9 Å². The van der Waals surface area contributed by atoms with Gasteiger partial charge in [0.15, 0.2) is 5.96 Å². The predicted octanol–water partition coefficient (Wildman–Crippen LogP) is 3.73. The molecule has 1 aromatic heterocycles. The van der Waals surface area contributed by atoms with Crippen molar-refractivity contribution in [2.24, 2.45) is 16.8 Å². The highest BCUT2D eigenvalue weighted by Gasteiger charge is 2.31. The fourth-order valence-electron chi connectivity index (χ4n) is 3.65. The highest BCUT2D eigenvalue weighted by Crippen LogP contribution is 2.36. The lowest BCUT2D eigenvalue weighted by molar-refractivity contribution is 0.125. The van der Waals surface area contributed by atoms with Crippen LogP contribution in [0.25, 0.3) is 0 Å². The van der Waals surface area contributed by atoms with Gasteiger partial charge in [-0.15, -0.1) is 11.3 Å². The Hall–Kier alpha value is -1.07. The molecule has 2 N–H and O–H groups in total. The molecule has 0 radical (unpaired) electrons. The van der Waals surface area contributed by atoms with Gasteiger partial charge >= 0.3 is 0 Å². The van der Waals surface area contributed by atoms with Gasteiger partial charge in [-0.05, 0) is 49.7 Å². The Morgan fingerprint density at radius 2 is 2.17 bits per heavy atom. The van der Waals surface area contributed by atoms with Crippen LogP contribution < -0.4 is 10.6 Å². The van der Waals surface area contributed by atoms with Crippen molar-refractivity contribution < 1.29 is 0 Å². The maximum Gasteiger partial charge on any atom is 0.190 e. The molecule has 0 saturated carbocycles. The molecule has 4 nitrogen and oxygen atoms in total. The number of rotatable bonds is 7. The van der Waals surface area contributed by atoms with Crippen molar-refractivity contribution in [2.45, 2.75) is 45.6 Å². The molecule has 2 rings (SSSR count). The van der Waals surface area contributed by atoms with Crippen molar-refractivity contribution in [3.8, 4) is 0 Å². The molecule has 0 aliphatic carbocycles. The average molecular weight is 351 g/mol. The van der Waals surface area contributed by atoms with Crippen molar-refractivity contribution >= 4 is 17.3 Å². The first kappa shape index (κ1) is 19.3. The van der Waals surface area contributed by atoms with Crippen molar-refractivity contribution in [3.05, 3.63) is 22.4 Å². The summed E-state index contributed by atoms with van der Waals surface area (Å²) in [6.45, 7) is 7.70. The summed E-state index contributed by atoms with van der Waals surface area (Å²) in [5, 5.41) is 9.26. The zero-order chi connectivity index (χ0) is 17.4. The van der Waals surface area contributed by atoms with Gasteiger partial charge in [-0.2, -0.15) is 0 Å². The molecule has 136 valence electrons. The standard InChI is InChI=1S/C19H34N4S/c1-5-15(6-2)13-21-19(20-3)22-14-16-9-7-11-23(4)18(16)17-10-8-12-24-17/h8,10,12,15-16,18H,5-7,9,11,13-14H2,1-4H3,(H2,20,21,22). The predicted molar refractivity (Wildman–Crippen MR) is 106 cm³/mol. The first-order chi connectivity index (χ1) is 11.7. The van der Waals surface area contributed by atoms with Crippen LogP contribution in [0.3, 0.4) is 0 Å². The second-order valence-corrected chi connectivity index (χ2v) is 7.84. The summed E-state index contributed by atoms with van der Waals surface area (Å²) in [6.07, 6.45) is 5.00. The third-order valence-electron chi connectivity index (χ3n) is 5.31. The minimum atomic E-state index is 0.531. The van der Waals surface area contributed by atoms with E-state index in [1.807, 2.05) is 18.4 Å². The number of piperidine rings is 1. The van der Waals surface area contributed by atoms with Crippen LogP contribution >= 0.6 is 11.3 Å². The molecule has 2 unspecified atom stereocenters. The minimum absolute atomic E-state index is 0.531. The zero-order valence-corrected chi connectivity index (χ0v) is 16.5. The Bertz CT molecular complexity index is 482. The quantitative estimate of drug-likeness (QED) is 0.581. The second kappa shape index (κ2) is 10.0. The van der Waals surface area contributed by atoms with Gasteiger partial charge in [-0.1, -0.05) is 32.8 Å². The third kappa shape index (κ3) is 5.21. The molecular formula is C19H34N4S. The van der Waals surface area contributed by atoms with Gasteiger partial charge in [-0.3, -0.25) is 9.89 Å². The number of hydrogen-bond donors (Lipinski definition) is 2. The normalized spacial score (nSPS) is 22.8. The molecule has 1 aliphatic rings. The van der Waals surface area contributed by atoms with Crippen LogP contribution in [0.2, 0.25) is 0 Å². The van der Waals surface area contributed by atoms with Gasteiger partial charge in [0.05, 0.1) is 0 Å². The van der Waals surface area contributed by atoms with Crippen molar-refractivity contribution in [2.75, 3.05) is 33.7 Å². The first-order valence-electron chi connectivity index (χ1n) is 9.37. The van der Waals surface area contributed by atoms with E-state index in [1.165, 1.54) is 37.1 Å². The summed E-state index contributed by atoms with van der Waals surface area (Å²) in [5.41, 5.74) is 0. The Labute approximate surface area is 151 Å². The van der Waals surface area contributed by atoms with E-state index in [-0.39, 0.29) is 0 Å². The molecule has 1 fully saturated rings. The largest absolute Gasteiger partial charge is 0.356 e. The number of nitrogens with one attached hydrogen (secondary N) is 2. The summed E-state index contributed by atoms with van der Waals surface area (Å²) in [7, 11) is 4.13. The minimum Gasteiger partial charge on any atom is -0.356 e. The van der Waals surface area contributed by atoms with E-state index in [0.717, 1.165) is 25.0 Å². The topological polar surface area (TPSA) is 39.7 Å². The molecule has 0 spiro atoms. The Morgan fingerprint density at radius 1 is 1.38 bits per heavy atom. The fraction of sp³-hybridized carbons (Fsp3) is 0.737. The molecule has 24 heavy (non-hydrogen) atoms. The van der Waals surface area contributed by atoms with Crippen LogP contribution in [-0.2, 0) is 0 Å². The Morgan fingerprint density at radius 3 is 2.79 bits per heavy atom. The fourth-order valence-corrected chi connectivity index (χ4v) is 4.63. The van der Waals surface area contributed by atoms with Crippen molar-refractivity contribution in [1.82, 2.24) is 15.5 Å². The van der Waals surface area contributed by atoms with Crippen LogP contribution in [0.5, 0.6) is 0 Å². The Balaban J connectivity index is 1.90. The lowest BCUT2D eigenvalue weighted by atomic mass is 9.88. The number of thiophene rings is 1. The monoisotopic (exact) mass is 350 g/mol. The maximum absolute atomic E-state index is 4.40. The molecule has 5 heteroatoms. The van der Waals surface area contributed by atoms with Crippen LogP contribution in [0.15, 0.2) is 22.5 Å². The summed E-state index contributed by atoms with van der Waals surface area (Å²) >= 11 is 1.88. The van der Waals surface area contributed by atoms with E-state index < -0.39 is 0 Å². The van der Waals surface area contributed by atoms with Crippen LogP contribution in [-0.4, -0.2) is 44.6 Å². The van der Waals surface area contributed by atoms with E-state index in [1.54, 1.807) is 0 Å². The molecule has 1 aliphatic heterocycles. The summed E-state index contributed by atoms with van der Waals surface area (Å²) < 4.78 is 0. The van der Waals surface area contributed by atoms with Crippen LogP contribution in [0.4, 0.5) is 0 Å². The molecule has 0 aromatic carbocycles. The molecule has 0 bridgehead atoms. The lowest BCUT2D eigenvalue weighted by Gasteiger charge is -2.39. The van der Waals surface area contributed by atoms with E-state index >= 15 is 0 Å². The number of nitrogens with zero attached hydrogens (tertiary/aromatic N) is 2. The van der Waals surface area contributed by atoms with E-state index in [9.17, 15) is 0 Å². The van der Waals surface area contributed by atoms with Crippen LogP contribution in [0, 0.1) is 11.8 Å². The number of aliphatic imine (C=N–C) groups is 1. The molecule has 1 saturated heterocycles. The van der Waals surface area contributed by atoms with Gasteiger partial charge in [0.25, 0.3) is 0 Å². The molecular weight excluding hydrogens is 316 g/mol. The zero-order valence-electron chi connectivity index (χ0n) is 15.7. The Kier molecular flexibility index (Phi) is 8.06. The number of hydrogen-bond acceptors (Lipinski definition) is 3. The SMILES string of the molecule is CCC(CC)CNC(=NC)NCC1CCCN(C)C1c1cccs1. The van der Waals surface area contributed by atoms with E-state index in [4.69, 9.17) is 0 Å². The summed E-state index contributed by atoms with van der Waals surface area (Å²) in [6, 6.07) is 4.98. The number of guanidine groups is 1. The average Bonchev–Trinajstić information content (AvgIpc) is 3.12. The van der Waals surface area contributed by atoms with Gasteiger partial charge in [0.2, 0.25) is 0 Å². The van der Waals surface area contributed by atoms with Gasteiger partial charge in [0.1, 0.15) is 0 Å². The van der Waals surface area contributed by atoms with Gasteiger partial charge < -0.3 is 10.6 Å². The molecule has 1 aromatic rings.